The monoisotopic (exact) mass is 512 g/mol. The maximum Gasteiger partial charge on any atom is 0.451 e. The van der Waals surface area contributed by atoms with Crippen molar-refractivity contribution in [3.05, 3.63) is 77.7 Å². The molecule has 1 atom stereocenters. The number of halogens is 3. The predicted octanol–water partition coefficient (Wildman–Crippen LogP) is 3.87. The summed E-state index contributed by atoms with van der Waals surface area (Å²) in [5.74, 6) is -1.46. The van der Waals surface area contributed by atoms with Gasteiger partial charge in [0.25, 0.3) is 5.91 Å². The Morgan fingerprint density at radius 3 is 2.38 bits per heavy atom. The Balaban J connectivity index is 1.67. The third kappa shape index (κ3) is 6.01. The molecule has 4 N–H and O–H groups in total. The molecule has 0 fully saturated rings. The SMILES string of the molecule is CN(C)C(=O)c1ccc(Nc2ncc(-c3n[nH]c(C(F)(F)F)n3)c(N[C@H](CO)c3ccccc3)n2)cc1. The Morgan fingerprint density at radius 1 is 1.08 bits per heavy atom. The second-order valence-corrected chi connectivity index (χ2v) is 8.15. The van der Waals surface area contributed by atoms with Crippen LogP contribution in [0, 0.1) is 0 Å². The lowest BCUT2D eigenvalue weighted by molar-refractivity contribution is -0.144. The number of amides is 1. The van der Waals surface area contributed by atoms with Crippen LogP contribution in [0.4, 0.5) is 30.6 Å². The van der Waals surface area contributed by atoms with Crippen LogP contribution in [-0.2, 0) is 6.18 Å². The van der Waals surface area contributed by atoms with Crippen molar-refractivity contribution < 1.29 is 23.1 Å². The third-order valence-corrected chi connectivity index (χ3v) is 5.27. The average molecular weight is 512 g/mol. The number of nitrogens with one attached hydrogen (secondary N) is 3. The fourth-order valence-electron chi connectivity index (χ4n) is 3.39. The van der Waals surface area contributed by atoms with Crippen LogP contribution in [0.5, 0.6) is 0 Å². The lowest BCUT2D eigenvalue weighted by atomic mass is 10.1. The Labute approximate surface area is 209 Å². The van der Waals surface area contributed by atoms with Gasteiger partial charge in [-0.1, -0.05) is 30.3 Å². The standard InChI is InChI=1S/C24H23F3N8O2/c1-35(2)21(37)15-8-10-16(11-9-15)29-23-28-12-17(20-31-22(34-33-20)24(25,26)27)19(32-23)30-18(13-36)14-6-4-3-5-7-14/h3-12,18,36H,13H2,1-2H3,(H,31,33,34)(H2,28,29,30,32)/t18-/m1/s1. The number of carbonyl (C=O) groups is 1. The van der Waals surface area contributed by atoms with E-state index in [1.54, 1.807) is 62.6 Å². The molecule has 37 heavy (non-hydrogen) atoms. The van der Waals surface area contributed by atoms with E-state index in [2.05, 4.69) is 30.7 Å². The summed E-state index contributed by atoms with van der Waals surface area (Å²) in [7, 11) is 3.30. The molecule has 13 heteroatoms. The Morgan fingerprint density at radius 2 is 1.78 bits per heavy atom. The maximum absolute atomic E-state index is 13.1. The summed E-state index contributed by atoms with van der Waals surface area (Å²) < 4.78 is 39.3. The zero-order valence-corrected chi connectivity index (χ0v) is 19.8. The molecule has 10 nitrogen and oxygen atoms in total. The molecule has 0 aliphatic rings. The van der Waals surface area contributed by atoms with Crippen molar-refractivity contribution in [2.75, 3.05) is 31.3 Å². The van der Waals surface area contributed by atoms with Crippen molar-refractivity contribution in [3.63, 3.8) is 0 Å². The first-order valence-electron chi connectivity index (χ1n) is 11.0. The highest BCUT2D eigenvalue weighted by Gasteiger charge is 2.35. The molecule has 0 radical (unpaired) electrons. The fourth-order valence-corrected chi connectivity index (χ4v) is 3.39. The topological polar surface area (TPSA) is 132 Å². The van der Waals surface area contributed by atoms with Crippen LogP contribution in [0.3, 0.4) is 0 Å². The molecule has 1 amide bonds. The first kappa shape index (κ1) is 25.6. The molecule has 0 aliphatic heterocycles. The van der Waals surface area contributed by atoms with Crippen molar-refractivity contribution in [2.24, 2.45) is 0 Å². The highest BCUT2D eigenvalue weighted by atomic mass is 19.4. The fraction of sp³-hybridized carbons (Fsp3) is 0.208. The van der Waals surface area contributed by atoms with Crippen LogP contribution in [0.15, 0.2) is 60.8 Å². The number of rotatable bonds is 8. The highest BCUT2D eigenvalue weighted by molar-refractivity contribution is 5.94. The van der Waals surface area contributed by atoms with E-state index in [9.17, 15) is 23.1 Å². The molecule has 2 aromatic carbocycles. The molecule has 0 bridgehead atoms. The van der Waals surface area contributed by atoms with E-state index >= 15 is 0 Å². The Bertz CT molecular complexity index is 1360. The van der Waals surface area contributed by atoms with E-state index in [1.807, 2.05) is 11.2 Å². The number of alkyl halides is 3. The third-order valence-electron chi connectivity index (χ3n) is 5.27. The van der Waals surface area contributed by atoms with Gasteiger partial charge in [0.2, 0.25) is 11.8 Å². The molecule has 0 spiro atoms. The second-order valence-electron chi connectivity index (χ2n) is 8.15. The number of aromatic amines is 1. The van der Waals surface area contributed by atoms with Gasteiger partial charge < -0.3 is 20.6 Å². The van der Waals surface area contributed by atoms with Gasteiger partial charge in [-0.25, -0.2) is 9.97 Å². The quantitative estimate of drug-likeness (QED) is 0.280. The average Bonchev–Trinajstić information content (AvgIpc) is 3.39. The van der Waals surface area contributed by atoms with Gasteiger partial charge >= 0.3 is 6.18 Å². The number of nitrogens with zero attached hydrogens (tertiary/aromatic N) is 5. The number of benzene rings is 2. The van der Waals surface area contributed by atoms with Gasteiger partial charge in [0, 0.05) is 31.5 Å². The smallest absolute Gasteiger partial charge is 0.394 e. The zero-order chi connectivity index (χ0) is 26.6. The molecular formula is C24H23F3N8O2. The molecule has 0 unspecified atom stereocenters. The summed E-state index contributed by atoms with van der Waals surface area (Å²) in [5.41, 5.74) is 1.90. The minimum atomic E-state index is -4.71. The van der Waals surface area contributed by atoms with Crippen LogP contribution < -0.4 is 10.6 Å². The van der Waals surface area contributed by atoms with E-state index in [0.29, 0.717) is 11.3 Å². The van der Waals surface area contributed by atoms with Crippen LogP contribution in [0.25, 0.3) is 11.4 Å². The zero-order valence-electron chi connectivity index (χ0n) is 19.8. The van der Waals surface area contributed by atoms with Gasteiger partial charge in [0.05, 0.1) is 18.2 Å². The number of carbonyl (C=O) groups excluding carboxylic acids is 1. The number of hydrogen-bond acceptors (Lipinski definition) is 8. The molecule has 4 rings (SSSR count). The molecule has 0 saturated carbocycles. The van der Waals surface area contributed by atoms with Crippen molar-refractivity contribution in [1.82, 2.24) is 30.0 Å². The van der Waals surface area contributed by atoms with Crippen molar-refractivity contribution in [2.45, 2.75) is 12.2 Å². The van der Waals surface area contributed by atoms with Crippen LogP contribution in [-0.4, -0.2) is 61.8 Å². The van der Waals surface area contributed by atoms with Crippen molar-refractivity contribution in [1.29, 1.82) is 0 Å². The molecule has 2 heterocycles. The van der Waals surface area contributed by atoms with E-state index in [0.717, 1.165) is 5.56 Å². The lowest BCUT2D eigenvalue weighted by Gasteiger charge is -2.19. The summed E-state index contributed by atoms with van der Waals surface area (Å²) in [6.07, 6.45) is -3.43. The maximum atomic E-state index is 13.1. The molecule has 4 aromatic rings. The number of aliphatic hydroxyl groups is 1. The summed E-state index contributed by atoms with van der Waals surface area (Å²) >= 11 is 0. The number of aromatic nitrogens is 5. The molecule has 2 aromatic heterocycles. The molecule has 192 valence electrons. The van der Waals surface area contributed by atoms with Gasteiger partial charge in [-0.05, 0) is 29.8 Å². The summed E-state index contributed by atoms with van der Waals surface area (Å²) in [6.45, 7) is -0.320. The van der Waals surface area contributed by atoms with Crippen LogP contribution in [0.1, 0.15) is 27.8 Å². The number of aliphatic hydroxyl groups excluding tert-OH is 1. The normalized spacial score (nSPS) is 12.2. The first-order chi connectivity index (χ1) is 17.7. The van der Waals surface area contributed by atoms with Gasteiger partial charge in [-0.3, -0.25) is 9.89 Å². The van der Waals surface area contributed by atoms with E-state index < -0.39 is 18.0 Å². The number of H-pyrrole nitrogens is 1. The van der Waals surface area contributed by atoms with Gasteiger partial charge in [-0.2, -0.15) is 23.3 Å². The van der Waals surface area contributed by atoms with Gasteiger partial charge in [0.15, 0.2) is 5.82 Å². The summed E-state index contributed by atoms with van der Waals surface area (Å²) in [6, 6.07) is 15.0. The minimum Gasteiger partial charge on any atom is -0.394 e. The largest absolute Gasteiger partial charge is 0.451 e. The lowest BCUT2D eigenvalue weighted by Crippen LogP contribution is -2.21. The minimum absolute atomic E-state index is 0.0959. The molecule has 0 saturated heterocycles. The summed E-state index contributed by atoms with van der Waals surface area (Å²) in [4.78, 5) is 25.7. The second kappa shape index (κ2) is 10.6. The van der Waals surface area contributed by atoms with Crippen molar-refractivity contribution >= 4 is 23.4 Å². The molecular weight excluding hydrogens is 489 g/mol. The van der Waals surface area contributed by atoms with Gasteiger partial charge in [0.1, 0.15) is 5.82 Å². The van der Waals surface area contributed by atoms with Crippen LogP contribution >= 0.6 is 0 Å². The van der Waals surface area contributed by atoms with E-state index in [-0.39, 0.29) is 35.7 Å². The van der Waals surface area contributed by atoms with Gasteiger partial charge in [-0.15, -0.1) is 0 Å². The Kier molecular flexibility index (Phi) is 7.34. The van der Waals surface area contributed by atoms with Crippen molar-refractivity contribution in [3.8, 4) is 11.4 Å². The summed E-state index contributed by atoms with van der Waals surface area (Å²) in [5, 5.41) is 21.6. The number of anilines is 3. The predicted molar refractivity (Wildman–Crippen MR) is 130 cm³/mol. The highest BCUT2D eigenvalue weighted by Crippen LogP contribution is 2.31. The first-order valence-corrected chi connectivity index (χ1v) is 11.0. The van der Waals surface area contributed by atoms with E-state index in [1.165, 1.54) is 11.1 Å². The van der Waals surface area contributed by atoms with E-state index in [4.69, 9.17) is 0 Å². The molecule has 0 aliphatic carbocycles. The van der Waals surface area contributed by atoms with Crippen LogP contribution in [0.2, 0.25) is 0 Å². The Hall–Kier alpha value is -4.52. The number of hydrogen-bond donors (Lipinski definition) is 4.